The van der Waals surface area contributed by atoms with Crippen molar-refractivity contribution in [2.45, 2.75) is 44.9 Å². The number of nitrogens with zero attached hydrogens (tertiary/aromatic N) is 2. The van der Waals surface area contributed by atoms with E-state index in [4.69, 9.17) is 9.47 Å². The number of para-hydroxylation sites is 2. The van der Waals surface area contributed by atoms with E-state index in [2.05, 4.69) is 22.1 Å². The van der Waals surface area contributed by atoms with Crippen LogP contribution in [0, 0.1) is 0 Å². The molecule has 1 N–H and O–H groups in total. The molecule has 0 bridgehead atoms. The van der Waals surface area contributed by atoms with Crippen molar-refractivity contribution in [1.29, 1.82) is 0 Å². The van der Waals surface area contributed by atoms with E-state index < -0.39 is 6.10 Å². The molecule has 1 saturated heterocycles. The highest BCUT2D eigenvalue weighted by Gasteiger charge is 2.28. The van der Waals surface area contributed by atoms with Gasteiger partial charge in [-0.25, -0.2) is 4.98 Å². The number of ether oxygens (including phenoxy) is 2. The van der Waals surface area contributed by atoms with Crippen LogP contribution in [0.4, 0.5) is 5.13 Å². The molecule has 0 radical (unpaired) electrons. The third kappa shape index (κ3) is 3.83. The molecule has 1 aromatic heterocycles. The predicted molar refractivity (Wildman–Crippen MR) is 101 cm³/mol. The van der Waals surface area contributed by atoms with Crippen LogP contribution in [-0.2, 0) is 11.3 Å². The number of thiazole rings is 1. The predicted octanol–water partition coefficient (Wildman–Crippen LogP) is 3.30. The van der Waals surface area contributed by atoms with E-state index in [-0.39, 0.29) is 12.5 Å². The Morgan fingerprint density at radius 2 is 2.19 bits per heavy atom. The first kappa shape index (κ1) is 17.3. The smallest absolute Gasteiger partial charge is 0.270 e. The lowest BCUT2D eigenvalue weighted by molar-refractivity contribution is -0.125. The van der Waals surface area contributed by atoms with Gasteiger partial charge in [-0.15, -0.1) is 11.3 Å². The molecular formula is C19H23N3O3S. The molecule has 1 fully saturated rings. The van der Waals surface area contributed by atoms with Gasteiger partial charge in [0.05, 0.1) is 0 Å². The number of carbonyl (C=O) groups excluding carboxylic acids is 1. The van der Waals surface area contributed by atoms with Crippen molar-refractivity contribution >= 4 is 22.4 Å². The SMILES string of the molecule is CC1CCCCN1Cc1cnc(NC(=O)C2COc3ccccc3O2)s1. The molecule has 2 unspecified atom stereocenters. The van der Waals surface area contributed by atoms with Gasteiger partial charge in [0, 0.05) is 23.7 Å². The number of likely N-dealkylation sites (tertiary alicyclic amines) is 1. The maximum atomic E-state index is 12.5. The number of hydrogen-bond acceptors (Lipinski definition) is 6. The zero-order valence-electron chi connectivity index (χ0n) is 14.8. The number of carbonyl (C=O) groups is 1. The van der Waals surface area contributed by atoms with E-state index in [0.29, 0.717) is 22.7 Å². The topological polar surface area (TPSA) is 63.7 Å². The zero-order valence-corrected chi connectivity index (χ0v) is 15.6. The Kier molecular flexibility index (Phi) is 5.08. The number of piperidine rings is 1. The number of hydrogen-bond donors (Lipinski definition) is 1. The number of rotatable bonds is 4. The number of amides is 1. The Morgan fingerprint density at radius 3 is 3.04 bits per heavy atom. The van der Waals surface area contributed by atoms with Gasteiger partial charge in [0.2, 0.25) is 6.10 Å². The highest BCUT2D eigenvalue weighted by atomic mass is 32.1. The average molecular weight is 373 g/mol. The zero-order chi connectivity index (χ0) is 17.9. The summed E-state index contributed by atoms with van der Waals surface area (Å²) in [6.07, 6.45) is 5.01. The maximum Gasteiger partial charge on any atom is 0.270 e. The highest BCUT2D eigenvalue weighted by molar-refractivity contribution is 7.15. The summed E-state index contributed by atoms with van der Waals surface area (Å²) in [4.78, 5) is 20.5. The Balaban J connectivity index is 1.34. The minimum absolute atomic E-state index is 0.201. The van der Waals surface area contributed by atoms with Gasteiger partial charge in [0.25, 0.3) is 5.91 Å². The van der Waals surface area contributed by atoms with Gasteiger partial charge in [-0.2, -0.15) is 0 Å². The molecule has 6 nitrogen and oxygen atoms in total. The van der Waals surface area contributed by atoms with Crippen molar-refractivity contribution in [1.82, 2.24) is 9.88 Å². The van der Waals surface area contributed by atoms with Crippen molar-refractivity contribution in [3.63, 3.8) is 0 Å². The molecule has 1 aromatic carbocycles. The van der Waals surface area contributed by atoms with E-state index in [1.165, 1.54) is 35.5 Å². The van der Waals surface area contributed by atoms with Crippen molar-refractivity contribution < 1.29 is 14.3 Å². The Hall–Kier alpha value is -2.12. The second-order valence-corrected chi connectivity index (χ2v) is 7.92. The molecule has 138 valence electrons. The summed E-state index contributed by atoms with van der Waals surface area (Å²) in [6, 6.07) is 7.98. The second-order valence-electron chi connectivity index (χ2n) is 6.80. The first-order chi connectivity index (χ1) is 12.7. The number of benzene rings is 1. The minimum atomic E-state index is -0.667. The molecule has 1 amide bonds. The number of fused-ring (bicyclic) bond motifs is 1. The van der Waals surface area contributed by atoms with Crippen LogP contribution in [0.2, 0.25) is 0 Å². The van der Waals surface area contributed by atoms with Crippen LogP contribution in [0.5, 0.6) is 11.5 Å². The molecule has 2 aliphatic heterocycles. The van der Waals surface area contributed by atoms with Crippen molar-refractivity contribution in [2.75, 3.05) is 18.5 Å². The Morgan fingerprint density at radius 1 is 1.35 bits per heavy atom. The molecular weight excluding hydrogens is 350 g/mol. The molecule has 0 saturated carbocycles. The Labute approximate surface area is 157 Å². The van der Waals surface area contributed by atoms with Gasteiger partial charge < -0.3 is 9.47 Å². The van der Waals surface area contributed by atoms with Gasteiger partial charge in [-0.1, -0.05) is 18.6 Å². The molecule has 2 atom stereocenters. The molecule has 2 aromatic rings. The van der Waals surface area contributed by atoms with Gasteiger partial charge in [-0.05, 0) is 38.4 Å². The van der Waals surface area contributed by atoms with Crippen LogP contribution >= 0.6 is 11.3 Å². The quantitative estimate of drug-likeness (QED) is 0.891. The first-order valence-electron chi connectivity index (χ1n) is 9.07. The van der Waals surface area contributed by atoms with Gasteiger partial charge in [-0.3, -0.25) is 15.0 Å². The lowest BCUT2D eigenvalue weighted by atomic mass is 10.0. The third-order valence-electron chi connectivity index (χ3n) is 4.88. The van der Waals surface area contributed by atoms with E-state index >= 15 is 0 Å². The number of aromatic nitrogens is 1. The molecule has 3 heterocycles. The molecule has 0 aliphatic carbocycles. The van der Waals surface area contributed by atoms with Crippen molar-refractivity contribution in [3.8, 4) is 11.5 Å². The number of nitrogens with one attached hydrogen (secondary N) is 1. The van der Waals surface area contributed by atoms with E-state index in [1.54, 1.807) is 6.07 Å². The minimum Gasteiger partial charge on any atom is -0.485 e. The fourth-order valence-electron chi connectivity index (χ4n) is 3.37. The number of anilines is 1. The monoisotopic (exact) mass is 373 g/mol. The van der Waals surface area contributed by atoms with E-state index in [1.807, 2.05) is 24.4 Å². The summed E-state index contributed by atoms with van der Waals surface area (Å²) in [5, 5.41) is 3.46. The van der Waals surface area contributed by atoms with Gasteiger partial charge in [0.15, 0.2) is 16.6 Å². The summed E-state index contributed by atoms with van der Waals surface area (Å²) in [6.45, 7) is 4.51. The molecule has 7 heteroatoms. The normalized spacial score (nSPS) is 22.8. The summed E-state index contributed by atoms with van der Waals surface area (Å²) in [7, 11) is 0. The van der Waals surface area contributed by atoms with Crippen LogP contribution in [0.15, 0.2) is 30.5 Å². The molecule has 2 aliphatic rings. The standard InChI is InChI=1S/C19H23N3O3S/c1-13-6-4-5-9-22(13)11-14-10-20-19(26-14)21-18(23)17-12-24-15-7-2-3-8-16(15)25-17/h2-3,7-8,10,13,17H,4-6,9,11-12H2,1H3,(H,20,21,23). The summed E-state index contributed by atoms with van der Waals surface area (Å²) >= 11 is 1.53. The third-order valence-corrected chi connectivity index (χ3v) is 5.78. The highest BCUT2D eigenvalue weighted by Crippen LogP contribution is 2.31. The average Bonchev–Trinajstić information content (AvgIpc) is 3.10. The van der Waals surface area contributed by atoms with E-state index in [9.17, 15) is 4.79 Å². The van der Waals surface area contributed by atoms with Crippen molar-refractivity contribution in [2.24, 2.45) is 0 Å². The molecule has 0 spiro atoms. The van der Waals surface area contributed by atoms with Crippen molar-refractivity contribution in [3.05, 3.63) is 35.3 Å². The van der Waals surface area contributed by atoms with Crippen LogP contribution in [0.3, 0.4) is 0 Å². The van der Waals surface area contributed by atoms with Crippen LogP contribution in [0.1, 0.15) is 31.1 Å². The second kappa shape index (κ2) is 7.63. The lowest BCUT2D eigenvalue weighted by Crippen LogP contribution is -2.40. The summed E-state index contributed by atoms with van der Waals surface area (Å²) in [5.74, 6) is 1.04. The van der Waals surface area contributed by atoms with Gasteiger partial charge in [0.1, 0.15) is 6.61 Å². The molecule has 4 rings (SSSR count). The fourth-order valence-corrected chi connectivity index (χ4v) is 4.21. The van der Waals surface area contributed by atoms with Crippen LogP contribution < -0.4 is 14.8 Å². The largest absolute Gasteiger partial charge is 0.485 e. The van der Waals surface area contributed by atoms with Gasteiger partial charge >= 0.3 is 0 Å². The lowest BCUT2D eigenvalue weighted by Gasteiger charge is -2.32. The Bertz CT molecular complexity index is 779. The fraction of sp³-hybridized carbons (Fsp3) is 0.474. The van der Waals surface area contributed by atoms with Crippen LogP contribution in [-0.4, -0.2) is 41.1 Å². The summed E-state index contributed by atoms with van der Waals surface area (Å²) in [5.41, 5.74) is 0. The molecule has 26 heavy (non-hydrogen) atoms. The van der Waals surface area contributed by atoms with E-state index in [0.717, 1.165) is 13.1 Å². The van der Waals surface area contributed by atoms with Crippen LogP contribution in [0.25, 0.3) is 0 Å². The summed E-state index contributed by atoms with van der Waals surface area (Å²) < 4.78 is 11.3. The maximum absolute atomic E-state index is 12.5. The first-order valence-corrected chi connectivity index (χ1v) is 9.89.